The van der Waals surface area contributed by atoms with E-state index in [-0.39, 0.29) is 11.6 Å². The molecule has 0 spiro atoms. The first-order valence-corrected chi connectivity index (χ1v) is 9.09. The molecule has 6 heteroatoms. The molecule has 0 aromatic heterocycles. The van der Waals surface area contributed by atoms with E-state index in [1.807, 2.05) is 43.3 Å². The van der Waals surface area contributed by atoms with Crippen molar-refractivity contribution < 1.29 is 14.3 Å². The normalized spacial score (nSPS) is 15.5. The van der Waals surface area contributed by atoms with Crippen LogP contribution in [-0.4, -0.2) is 23.4 Å². The zero-order valence-electron chi connectivity index (χ0n) is 14.6. The zero-order valence-corrected chi connectivity index (χ0v) is 16.2. The molecule has 3 rings (SSSR count). The number of likely N-dealkylation sites (N-methyl/N-ethyl adjacent to an activating group) is 1. The zero-order chi connectivity index (χ0) is 18.7. The lowest BCUT2D eigenvalue weighted by molar-refractivity contribution is -0.122. The van der Waals surface area contributed by atoms with E-state index < -0.39 is 6.03 Å². The lowest BCUT2D eigenvalue weighted by atomic mass is 10.1. The van der Waals surface area contributed by atoms with E-state index in [4.69, 9.17) is 4.74 Å². The molecule has 1 saturated heterocycles. The van der Waals surface area contributed by atoms with Gasteiger partial charge in [0, 0.05) is 16.6 Å². The second-order valence-electron chi connectivity index (χ2n) is 6.00. The van der Waals surface area contributed by atoms with Crippen molar-refractivity contribution in [1.82, 2.24) is 10.2 Å². The van der Waals surface area contributed by atoms with Crippen LogP contribution < -0.4 is 10.1 Å². The summed E-state index contributed by atoms with van der Waals surface area (Å²) >= 11 is 3.44. The molecule has 2 aromatic rings. The summed E-state index contributed by atoms with van der Waals surface area (Å²) in [6, 6.07) is 13.3. The number of amides is 3. The number of urea groups is 1. The van der Waals surface area contributed by atoms with Crippen LogP contribution in [0.3, 0.4) is 0 Å². The van der Waals surface area contributed by atoms with Crippen LogP contribution in [0.5, 0.6) is 5.75 Å². The van der Waals surface area contributed by atoms with Crippen LogP contribution in [0, 0.1) is 6.92 Å². The first-order valence-electron chi connectivity index (χ1n) is 8.30. The lowest BCUT2D eigenvalue weighted by Crippen LogP contribution is -2.30. The Bertz CT molecular complexity index is 892. The average molecular weight is 415 g/mol. The number of rotatable bonds is 5. The van der Waals surface area contributed by atoms with Crippen molar-refractivity contribution in [3.05, 3.63) is 69.3 Å². The predicted molar refractivity (Wildman–Crippen MR) is 104 cm³/mol. The predicted octanol–water partition coefficient (Wildman–Crippen LogP) is 4.25. The first-order chi connectivity index (χ1) is 12.5. The molecule has 5 nitrogen and oxygen atoms in total. The molecule has 1 fully saturated rings. The number of hydrogen-bond acceptors (Lipinski definition) is 3. The van der Waals surface area contributed by atoms with Gasteiger partial charge >= 0.3 is 6.03 Å². The van der Waals surface area contributed by atoms with Crippen molar-refractivity contribution in [2.24, 2.45) is 0 Å². The highest BCUT2D eigenvalue weighted by Gasteiger charge is 2.32. The van der Waals surface area contributed by atoms with Gasteiger partial charge in [0.2, 0.25) is 0 Å². The standard InChI is InChI=1S/C20H19BrN2O3/c1-3-23-19(24)17(22-20(23)25)11-15-10-16(21)7-8-18(15)26-12-14-6-4-5-13(2)9-14/h4-11H,3,12H2,1-2H3,(H,22,25)/b17-11+. The van der Waals surface area contributed by atoms with Gasteiger partial charge in [0.15, 0.2) is 0 Å². The van der Waals surface area contributed by atoms with Crippen molar-refractivity contribution in [3.63, 3.8) is 0 Å². The minimum Gasteiger partial charge on any atom is -0.488 e. The number of benzene rings is 2. The molecule has 26 heavy (non-hydrogen) atoms. The van der Waals surface area contributed by atoms with Gasteiger partial charge in [-0.25, -0.2) is 4.79 Å². The van der Waals surface area contributed by atoms with Crippen molar-refractivity contribution in [1.29, 1.82) is 0 Å². The molecule has 0 saturated carbocycles. The van der Waals surface area contributed by atoms with Crippen molar-refractivity contribution >= 4 is 33.9 Å². The molecule has 0 aliphatic carbocycles. The number of halogens is 1. The van der Waals surface area contributed by atoms with Gasteiger partial charge in [0.1, 0.15) is 18.1 Å². The maximum absolute atomic E-state index is 12.3. The SMILES string of the molecule is CCN1C(=O)N/C(=C/c2cc(Br)ccc2OCc2cccc(C)c2)C1=O. The molecule has 134 valence electrons. The summed E-state index contributed by atoms with van der Waals surface area (Å²) in [6.07, 6.45) is 1.65. The number of nitrogens with zero attached hydrogens (tertiary/aromatic N) is 1. The summed E-state index contributed by atoms with van der Waals surface area (Å²) in [4.78, 5) is 25.3. The Kier molecular flexibility index (Phi) is 5.42. The Morgan fingerprint density at radius 3 is 2.69 bits per heavy atom. The number of carbonyl (C=O) groups excluding carboxylic acids is 2. The number of carbonyl (C=O) groups is 2. The average Bonchev–Trinajstić information content (AvgIpc) is 2.87. The number of aryl methyl sites for hydroxylation is 1. The smallest absolute Gasteiger partial charge is 0.328 e. The van der Waals surface area contributed by atoms with Crippen molar-refractivity contribution in [2.75, 3.05) is 6.54 Å². The Morgan fingerprint density at radius 2 is 2.00 bits per heavy atom. The Labute approximate surface area is 160 Å². The molecule has 1 heterocycles. The summed E-state index contributed by atoms with van der Waals surface area (Å²) in [7, 11) is 0. The van der Waals surface area contributed by atoms with E-state index in [0.29, 0.717) is 24.5 Å². The van der Waals surface area contributed by atoms with Gasteiger partial charge in [0.25, 0.3) is 5.91 Å². The number of hydrogen-bond donors (Lipinski definition) is 1. The van der Waals surface area contributed by atoms with Crippen LogP contribution in [0.25, 0.3) is 6.08 Å². The third-order valence-corrected chi connectivity index (χ3v) is 4.52. The quantitative estimate of drug-likeness (QED) is 0.587. The Hall–Kier alpha value is -2.60. The van der Waals surface area contributed by atoms with Gasteiger partial charge in [-0.15, -0.1) is 0 Å². The Balaban J connectivity index is 1.86. The van der Waals surface area contributed by atoms with Crippen molar-refractivity contribution in [2.45, 2.75) is 20.5 Å². The molecule has 1 aliphatic rings. The third-order valence-electron chi connectivity index (χ3n) is 4.03. The van der Waals surface area contributed by atoms with Gasteiger partial charge in [-0.05, 0) is 43.7 Å². The van der Waals surface area contributed by atoms with E-state index in [1.165, 1.54) is 5.56 Å². The molecule has 0 unspecified atom stereocenters. The van der Waals surface area contributed by atoms with Crippen LogP contribution in [0.1, 0.15) is 23.6 Å². The van der Waals surface area contributed by atoms with Crippen LogP contribution in [0.2, 0.25) is 0 Å². The summed E-state index contributed by atoms with van der Waals surface area (Å²) in [6.45, 7) is 4.54. The molecule has 3 amide bonds. The highest BCUT2D eigenvalue weighted by atomic mass is 79.9. The summed E-state index contributed by atoms with van der Waals surface area (Å²) < 4.78 is 6.81. The Morgan fingerprint density at radius 1 is 1.19 bits per heavy atom. The summed E-state index contributed by atoms with van der Waals surface area (Å²) in [5.74, 6) is 0.307. The fraction of sp³-hybridized carbons (Fsp3) is 0.200. The maximum Gasteiger partial charge on any atom is 0.328 e. The summed E-state index contributed by atoms with van der Waals surface area (Å²) in [5.41, 5.74) is 3.20. The lowest BCUT2D eigenvalue weighted by Gasteiger charge is -2.11. The van der Waals surface area contributed by atoms with E-state index in [2.05, 4.69) is 27.3 Å². The van der Waals surface area contributed by atoms with E-state index >= 15 is 0 Å². The number of imide groups is 1. The minimum absolute atomic E-state index is 0.246. The molecule has 0 radical (unpaired) electrons. The van der Waals surface area contributed by atoms with E-state index in [9.17, 15) is 9.59 Å². The van der Waals surface area contributed by atoms with Gasteiger partial charge in [-0.2, -0.15) is 0 Å². The number of nitrogens with one attached hydrogen (secondary N) is 1. The first kappa shape index (κ1) is 18.2. The van der Waals surface area contributed by atoms with Crippen LogP contribution in [-0.2, 0) is 11.4 Å². The van der Waals surface area contributed by atoms with Crippen LogP contribution in [0.4, 0.5) is 4.79 Å². The topological polar surface area (TPSA) is 58.6 Å². The highest BCUT2D eigenvalue weighted by molar-refractivity contribution is 9.10. The second kappa shape index (κ2) is 7.74. The fourth-order valence-electron chi connectivity index (χ4n) is 2.74. The van der Waals surface area contributed by atoms with E-state index in [1.54, 1.807) is 13.0 Å². The molecular formula is C20H19BrN2O3. The molecule has 0 bridgehead atoms. The molecule has 2 aromatic carbocycles. The molecule has 0 atom stereocenters. The maximum atomic E-state index is 12.3. The summed E-state index contributed by atoms with van der Waals surface area (Å²) in [5, 5.41) is 2.61. The monoisotopic (exact) mass is 414 g/mol. The molecule has 1 aliphatic heterocycles. The van der Waals surface area contributed by atoms with Gasteiger partial charge in [-0.1, -0.05) is 45.8 Å². The second-order valence-corrected chi connectivity index (χ2v) is 6.91. The van der Waals surface area contributed by atoms with Gasteiger partial charge < -0.3 is 10.1 Å². The molecular weight excluding hydrogens is 396 g/mol. The van der Waals surface area contributed by atoms with Crippen LogP contribution >= 0.6 is 15.9 Å². The minimum atomic E-state index is -0.402. The van der Waals surface area contributed by atoms with Crippen LogP contribution in [0.15, 0.2) is 52.6 Å². The fourth-order valence-corrected chi connectivity index (χ4v) is 3.12. The third kappa shape index (κ3) is 3.96. The van der Waals surface area contributed by atoms with Gasteiger partial charge in [0.05, 0.1) is 0 Å². The molecule has 1 N–H and O–H groups in total. The van der Waals surface area contributed by atoms with Gasteiger partial charge in [-0.3, -0.25) is 9.69 Å². The number of ether oxygens (including phenoxy) is 1. The van der Waals surface area contributed by atoms with E-state index in [0.717, 1.165) is 14.9 Å². The highest BCUT2D eigenvalue weighted by Crippen LogP contribution is 2.27. The largest absolute Gasteiger partial charge is 0.488 e. The van der Waals surface area contributed by atoms with Crippen molar-refractivity contribution in [3.8, 4) is 5.75 Å².